The minimum atomic E-state index is -0.369. The van der Waals surface area contributed by atoms with Gasteiger partial charge in [0.25, 0.3) is 5.91 Å². The minimum Gasteiger partial charge on any atom is -0.493 e. The van der Waals surface area contributed by atoms with E-state index in [-0.39, 0.29) is 5.91 Å². The number of benzene rings is 2. The molecule has 0 atom stereocenters. The predicted octanol–water partition coefficient (Wildman–Crippen LogP) is 3.80. The van der Waals surface area contributed by atoms with Crippen LogP contribution in [0.5, 0.6) is 11.5 Å². The molecule has 0 saturated heterocycles. The highest BCUT2D eigenvalue weighted by Gasteiger charge is 2.07. The van der Waals surface area contributed by atoms with E-state index in [0.717, 1.165) is 22.9 Å². The number of nitrogens with one attached hydrogen (secondary N) is 1. The SMILES string of the molecule is CCCOc1ccc(/C=N/NC(=O)c2ccc3ccccc3n2)cc1OC. The summed E-state index contributed by atoms with van der Waals surface area (Å²) in [5.41, 5.74) is 4.35. The Morgan fingerprint density at radius 2 is 2.00 bits per heavy atom. The zero-order valence-electron chi connectivity index (χ0n) is 15.3. The highest BCUT2D eigenvalue weighted by molar-refractivity contribution is 5.95. The van der Waals surface area contributed by atoms with E-state index in [9.17, 15) is 4.79 Å². The summed E-state index contributed by atoms with van der Waals surface area (Å²) in [5, 5.41) is 4.99. The molecule has 0 aliphatic rings. The van der Waals surface area contributed by atoms with Gasteiger partial charge in [0.05, 0.1) is 25.4 Å². The van der Waals surface area contributed by atoms with Crippen molar-refractivity contribution >= 4 is 23.0 Å². The molecule has 27 heavy (non-hydrogen) atoms. The maximum atomic E-state index is 12.2. The van der Waals surface area contributed by atoms with Crippen LogP contribution in [-0.2, 0) is 0 Å². The van der Waals surface area contributed by atoms with Crippen LogP contribution in [0.3, 0.4) is 0 Å². The van der Waals surface area contributed by atoms with Crippen LogP contribution in [0.4, 0.5) is 0 Å². The first-order chi connectivity index (χ1) is 13.2. The molecule has 0 fully saturated rings. The Bertz CT molecular complexity index is 970. The van der Waals surface area contributed by atoms with Gasteiger partial charge in [0.1, 0.15) is 5.69 Å². The van der Waals surface area contributed by atoms with E-state index in [1.165, 1.54) is 0 Å². The largest absolute Gasteiger partial charge is 0.493 e. The standard InChI is InChI=1S/C21H21N3O3/c1-3-12-27-19-11-8-15(13-20(19)26-2)14-22-24-21(25)18-10-9-16-6-4-5-7-17(16)23-18/h4-11,13-14H,3,12H2,1-2H3,(H,24,25)/b22-14+. The normalized spacial score (nSPS) is 10.9. The number of hydrogen-bond acceptors (Lipinski definition) is 5. The quantitative estimate of drug-likeness (QED) is 0.512. The Morgan fingerprint density at radius 1 is 1.15 bits per heavy atom. The van der Waals surface area contributed by atoms with Gasteiger partial charge < -0.3 is 9.47 Å². The molecule has 1 amide bonds. The Kier molecular flexibility index (Phi) is 5.99. The average molecular weight is 363 g/mol. The first-order valence-corrected chi connectivity index (χ1v) is 8.71. The third-order valence-corrected chi connectivity index (χ3v) is 3.86. The van der Waals surface area contributed by atoms with Crippen molar-refractivity contribution in [3.8, 4) is 11.5 Å². The van der Waals surface area contributed by atoms with Crippen molar-refractivity contribution in [3.05, 3.63) is 65.9 Å². The van der Waals surface area contributed by atoms with E-state index in [4.69, 9.17) is 9.47 Å². The fourth-order valence-electron chi connectivity index (χ4n) is 2.51. The van der Waals surface area contributed by atoms with Crippen molar-refractivity contribution < 1.29 is 14.3 Å². The van der Waals surface area contributed by atoms with Crippen LogP contribution in [0.1, 0.15) is 29.4 Å². The number of fused-ring (bicyclic) bond motifs is 1. The van der Waals surface area contributed by atoms with Crippen LogP contribution in [0.25, 0.3) is 10.9 Å². The lowest BCUT2D eigenvalue weighted by molar-refractivity contribution is 0.0950. The number of para-hydroxylation sites is 1. The Hall–Kier alpha value is -3.41. The number of rotatable bonds is 7. The lowest BCUT2D eigenvalue weighted by Gasteiger charge is -2.10. The van der Waals surface area contributed by atoms with Crippen molar-refractivity contribution in [2.24, 2.45) is 5.10 Å². The van der Waals surface area contributed by atoms with Gasteiger partial charge in [-0.2, -0.15) is 5.10 Å². The molecule has 1 N–H and O–H groups in total. The van der Waals surface area contributed by atoms with Gasteiger partial charge in [-0.05, 0) is 42.3 Å². The van der Waals surface area contributed by atoms with Gasteiger partial charge in [-0.15, -0.1) is 0 Å². The molecule has 2 aromatic carbocycles. The Balaban J connectivity index is 1.67. The molecule has 0 aliphatic carbocycles. The third-order valence-electron chi connectivity index (χ3n) is 3.86. The second-order valence-electron chi connectivity index (χ2n) is 5.85. The van der Waals surface area contributed by atoms with E-state index < -0.39 is 0 Å². The number of hydrazone groups is 1. The van der Waals surface area contributed by atoms with Crippen molar-refractivity contribution in [2.45, 2.75) is 13.3 Å². The van der Waals surface area contributed by atoms with Crippen molar-refractivity contribution in [3.63, 3.8) is 0 Å². The van der Waals surface area contributed by atoms with Gasteiger partial charge >= 0.3 is 0 Å². The van der Waals surface area contributed by atoms with Crippen LogP contribution in [0.2, 0.25) is 0 Å². The smallest absolute Gasteiger partial charge is 0.289 e. The highest BCUT2D eigenvalue weighted by Crippen LogP contribution is 2.27. The summed E-state index contributed by atoms with van der Waals surface area (Å²) in [7, 11) is 1.59. The summed E-state index contributed by atoms with van der Waals surface area (Å²) in [6, 6.07) is 16.6. The number of aromatic nitrogens is 1. The maximum absolute atomic E-state index is 12.2. The molecular formula is C21H21N3O3. The summed E-state index contributed by atoms with van der Waals surface area (Å²) in [4.78, 5) is 16.6. The van der Waals surface area contributed by atoms with Gasteiger partial charge in [-0.1, -0.05) is 31.2 Å². The maximum Gasteiger partial charge on any atom is 0.289 e. The number of amides is 1. The van der Waals surface area contributed by atoms with E-state index >= 15 is 0 Å². The molecule has 6 nitrogen and oxygen atoms in total. The van der Waals surface area contributed by atoms with Crippen LogP contribution in [0.15, 0.2) is 59.7 Å². The van der Waals surface area contributed by atoms with Gasteiger partial charge in [0.2, 0.25) is 0 Å². The molecule has 3 aromatic rings. The number of nitrogens with zero attached hydrogens (tertiary/aromatic N) is 2. The Morgan fingerprint density at radius 3 is 2.81 bits per heavy atom. The first kappa shape index (κ1) is 18.4. The fourth-order valence-corrected chi connectivity index (χ4v) is 2.51. The van der Waals surface area contributed by atoms with Crippen molar-refractivity contribution in [2.75, 3.05) is 13.7 Å². The molecule has 0 radical (unpaired) electrons. The molecule has 1 aromatic heterocycles. The lowest BCUT2D eigenvalue weighted by atomic mass is 10.2. The Labute approximate surface area is 157 Å². The summed E-state index contributed by atoms with van der Waals surface area (Å²) in [6.45, 7) is 2.67. The molecule has 0 bridgehead atoms. The highest BCUT2D eigenvalue weighted by atomic mass is 16.5. The second kappa shape index (κ2) is 8.80. The molecule has 0 saturated carbocycles. The van der Waals surface area contributed by atoms with Crippen molar-refractivity contribution in [1.29, 1.82) is 0 Å². The summed E-state index contributed by atoms with van der Waals surface area (Å²) in [6.07, 6.45) is 2.46. The van der Waals surface area contributed by atoms with E-state index in [0.29, 0.717) is 23.8 Å². The summed E-state index contributed by atoms with van der Waals surface area (Å²) < 4.78 is 11.0. The van der Waals surface area contributed by atoms with Crippen LogP contribution in [0, 0.1) is 0 Å². The molecular weight excluding hydrogens is 342 g/mol. The second-order valence-corrected chi connectivity index (χ2v) is 5.85. The molecule has 0 aliphatic heterocycles. The predicted molar refractivity (Wildman–Crippen MR) is 106 cm³/mol. The van der Waals surface area contributed by atoms with Crippen molar-refractivity contribution in [1.82, 2.24) is 10.4 Å². The number of carbonyl (C=O) groups excluding carboxylic acids is 1. The van der Waals surface area contributed by atoms with E-state index in [1.54, 1.807) is 25.5 Å². The molecule has 3 rings (SSSR count). The molecule has 1 heterocycles. The van der Waals surface area contributed by atoms with Gasteiger partial charge in [-0.25, -0.2) is 10.4 Å². The van der Waals surface area contributed by atoms with E-state index in [2.05, 4.69) is 15.5 Å². The number of methoxy groups -OCH3 is 1. The first-order valence-electron chi connectivity index (χ1n) is 8.71. The topological polar surface area (TPSA) is 72.8 Å². The summed E-state index contributed by atoms with van der Waals surface area (Å²) in [5.74, 6) is 0.933. The fraction of sp³-hybridized carbons (Fsp3) is 0.190. The van der Waals surface area contributed by atoms with Crippen LogP contribution < -0.4 is 14.9 Å². The molecule has 138 valence electrons. The van der Waals surface area contributed by atoms with Crippen LogP contribution in [-0.4, -0.2) is 30.8 Å². The number of ether oxygens (including phenoxy) is 2. The number of carbonyl (C=O) groups is 1. The monoisotopic (exact) mass is 363 g/mol. The van der Waals surface area contributed by atoms with Crippen LogP contribution >= 0.6 is 0 Å². The minimum absolute atomic E-state index is 0.312. The number of hydrogen-bond donors (Lipinski definition) is 1. The van der Waals surface area contributed by atoms with Gasteiger partial charge in [-0.3, -0.25) is 4.79 Å². The lowest BCUT2D eigenvalue weighted by Crippen LogP contribution is -2.18. The van der Waals surface area contributed by atoms with Gasteiger partial charge in [0, 0.05) is 5.39 Å². The molecule has 0 spiro atoms. The molecule has 0 unspecified atom stereocenters. The average Bonchev–Trinajstić information content (AvgIpc) is 2.72. The van der Waals surface area contributed by atoms with E-state index in [1.807, 2.05) is 49.4 Å². The zero-order valence-corrected chi connectivity index (χ0v) is 15.3. The van der Waals surface area contributed by atoms with Gasteiger partial charge in [0.15, 0.2) is 11.5 Å². The molecule has 6 heteroatoms. The number of pyridine rings is 1. The zero-order chi connectivity index (χ0) is 19.1. The summed E-state index contributed by atoms with van der Waals surface area (Å²) >= 11 is 0. The third kappa shape index (κ3) is 4.61.